The third-order valence-corrected chi connectivity index (χ3v) is 5.78. The van der Waals surface area contributed by atoms with E-state index >= 15 is 0 Å². The van der Waals surface area contributed by atoms with Gasteiger partial charge in [-0.15, -0.1) is 0 Å². The molecular formula is C26H22. The summed E-state index contributed by atoms with van der Waals surface area (Å²) in [5.41, 5.74) is 8.37. The fourth-order valence-electron chi connectivity index (χ4n) is 4.43. The summed E-state index contributed by atoms with van der Waals surface area (Å²) in [6.45, 7) is 0. The van der Waals surface area contributed by atoms with Crippen molar-refractivity contribution in [2.75, 3.05) is 0 Å². The smallest absolute Gasteiger partial charge is 0.00275 e. The van der Waals surface area contributed by atoms with Crippen molar-refractivity contribution in [3.8, 4) is 11.1 Å². The van der Waals surface area contributed by atoms with Crippen LogP contribution in [0.15, 0.2) is 97.1 Å². The first-order valence-corrected chi connectivity index (χ1v) is 9.53. The van der Waals surface area contributed by atoms with E-state index in [0.29, 0.717) is 11.8 Å². The zero-order valence-corrected chi connectivity index (χ0v) is 14.8. The van der Waals surface area contributed by atoms with Crippen LogP contribution >= 0.6 is 0 Å². The molecule has 0 spiro atoms. The lowest BCUT2D eigenvalue weighted by molar-refractivity contribution is 0.556. The Balaban J connectivity index is 1.44. The van der Waals surface area contributed by atoms with E-state index in [2.05, 4.69) is 97.1 Å². The molecule has 0 amide bonds. The van der Waals surface area contributed by atoms with Gasteiger partial charge < -0.3 is 0 Å². The Labute approximate surface area is 155 Å². The summed E-state index contributed by atoms with van der Waals surface area (Å²) >= 11 is 0. The van der Waals surface area contributed by atoms with Crippen LogP contribution in [0.5, 0.6) is 0 Å². The van der Waals surface area contributed by atoms with Crippen LogP contribution in [0.1, 0.15) is 24.0 Å². The van der Waals surface area contributed by atoms with Crippen LogP contribution in [-0.2, 0) is 0 Å². The molecule has 3 aliphatic rings. The van der Waals surface area contributed by atoms with Crippen LogP contribution in [-0.4, -0.2) is 0 Å². The second-order valence-electron chi connectivity index (χ2n) is 7.34. The molecular weight excluding hydrogens is 312 g/mol. The molecule has 3 aromatic carbocycles. The molecule has 0 aliphatic heterocycles. The summed E-state index contributed by atoms with van der Waals surface area (Å²) < 4.78 is 0. The van der Waals surface area contributed by atoms with E-state index in [-0.39, 0.29) is 0 Å². The lowest BCUT2D eigenvalue weighted by Crippen LogP contribution is -2.20. The predicted octanol–water partition coefficient (Wildman–Crippen LogP) is 6.86. The topological polar surface area (TPSA) is 0 Å². The number of hydrogen-bond acceptors (Lipinski definition) is 0. The van der Waals surface area contributed by atoms with Crippen molar-refractivity contribution in [2.24, 2.45) is 11.8 Å². The molecule has 0 heterocycles. The van der Waals surface area contributed by atoms with E-state index in [1.54, 1.807) is 0 Å². The molecule has 0 unspecified atom stereocenters. The molecule has 3 aromatic rings. The summed E-state index contributed by atoms with van der Waals surface area (Å²) in [5, 5.41) is 0. The molecule has 126 valence electrons. The van der Waals surface area contributed by atoms with Crippen LogP contribution in [0.25, 0.3) is 22.3 Å². The molecule has 2 bridgehead atoms. The first kappa shape index (κ1) is 15.4. The molecule has 0 N–H and O–H groups in total. The van der Waals surface area contributed by atoms with Crippen molar-refractivity contribution in [1.29, 1.82) is 0 Å². The largest absolute Gasteiger partial charge is 0.0726 e. The van der Waals surface area contributed by atoms with Crippen LogP contribution in [0, 0.1) is 11.8 Å². The number of hydrogen-bond donors (Lipinski definition) is 0. The van der Waals surface area contributed by atoms with Gasteiger partial charge in [-0.1, -0.05) is 97.1 Å². The number of allylic oxidation sites excluding steroid dienone is 4. The highest BCUT2D eigenvalue weighted by Gasteiger charge is 2.30. The van der Waals surface area contributed by atoms with E-state index in [1.165, 1.54) is 46.2 Å². The Morgan fingerprint density at radius 2 is 0.808 bits per heavy atom. The average molecular weight is 334 g/mol. The first-order chi connectivity index (χ1) is 12.9. The monoisotopic (exact) mass is 334 g/mol. The van der Waals surface area contributed by atoms with Gasteiger partial charge in [0.2, 0.25) is 0 Å². The standard InChI is InChI=1S/C26H22/c1-3-7-19(8-4-1)20-11-13-22(14-12-20)26-18-23-15-16-24(26)17-25(23)21-9-5-2-6-10-21/h1-14,17-18,23-24H,15-16H2/t23-,24-/m1/s1. The summed E-state index contributed by atoms with van der Waals surface area (Å²) in [5.74, 6) is 1.11. The molecule has 0 saturated carbocycles. The Kier molecular flexibility index (Phi) is 3.83. The van der Waals surface area contributed by atoms with Crippen molar-refractivity contribution in [2.45, 2.75) is 12.8 Å². The predicted molar refractivity (Wildman–Crippen MR) is 110 cm³/mol. The summed E-state index contributed by atoms with van der Waals surface area (Å²) in [7, 11) is 0. The van der Waals surface area contributed by atoms with Gasteiger partial charge in [0.25, 0.3) is 0 Å². The van der Waals surface area contributed by atoms with Crippen LogP contribution in [0.3, 0.4) is 0 Å². The minimum Gasteiger partial charge on any atom is -0.0726 e. The maximum Gasteiger partial charge on any atom is 0.00275 e. The van der Waals surface area contributed by atoms with Crippen LogP contribution in [0.2, 0.25) is 0 Å². The zero-order valence-electron chi connectivity index (χ0n) is 14.8. The SMILES string of the molecule is C1=C(c2ccccc2)[C@H]2C=C(c3ccc(-c4ccccc4)cc3)[C@@H]1CC2. The lowest BCUT2D eigenvalue weighted by atomic mass is 9.69. The molecule has 0 radical (unpaired) electrons. The number of rotatable bonds is 3. The molecule has 3 aliphatic carbocycles. The van der Waals surface area contributed by atoms with Gasteiger partial charge in [0, 0.05) is 11.8 Å². The van der Waals surface area contributed by atoms with Crippen molar-refractivity contribution in [3.05, 3.63) is 108 Å². The van der Waals surface area contributed by atoms with Gasteiger partial charge >= 0.3 is 0 Å². The Morgan fingerprint density at radius 1 is 0.423 bits per heavy atom. The lowest BCUT2D eigenvalue weighted by Gasteiger charge is -2.35. The van der Waals surface area contributed by atoms with Gasteiger partial charge in [0.05, 0.1) is 0 Å². The quantitative estimate of drug-likeness (QED) is 0.491. The molecule has 0 fully saturated rings. The summed E-state index contributed by atoms with van der Waals surface area (Å²) in [6.07, 6.45) is 7.59. The van der Waals surface area contributed by atoms with E-state index in [1.807, 2.05) is 0 Å². The molecule has 0 aromatic heterocycles. The minimum absolute atomic E-state index is 0.554. The fourth-order valence-corrected chi connectivity index (χ4v) is 4.43. The van der Waals surface area contributed by atoms with Gasteiger partial charge in [-0.2, -0.15) is 0 Å². The second-order valence-corrected chi connectivity index (χ2v) is 7.34. The highest BCUT2D eigenvalue weighted by molar-refractivity contribution is 5.82. The number of fused-ring (bicyclic) bond motifs is 1. The Bertz CT molecular complexity index is 960. The van der Waals surface area contributed by atoms with E-state index in [9.17, 15) is 0 Å². The van der Waals surface area contributed by atoms with Gasteiger partial charge in [0.15, 0.2) is 0 Å². The Hall–Kier alpha value is -2.86. The first-order valence-electron chi connectivity index (χ1n) is 9.53. The number of benzene rings is 3. The minimum atomic E-state index is 0.554. The molecule has 26 heavy (non-hydrogen) atoms. The van der Waals surface area contributed by atoms with Gasteiger partial charge in [-0.25, -0.2) is 0 Å². The average Bonchev–Trinajstić information content (AvgIpc) is 2.75. The second kappa shape index (κ2) is 6.46. The van der Waals surface area contributed by atoms with E-state index < -0.39 is 0 Å². The van der Waals surface area contributed by atoms with Crippen molar-refractivity contribution in [3.63, 3.8) is 0 Å². The third kappa shape index (κ3) is 2.72. The Morgan fingerprint density at radius 3 is 1.31 bits per heavy atom. The van der Waals surface area contributed by atoms with Gasteiger partial charge in [0.1, 0.15) is 0 Å². The fraction of sp³-hybridized carbons (Fsp3) is 0.154. The normalized spacial score (nSPS) is 21.2. The van der Waals surface area contributed by atoms with Gasteiger partial charge in [-0.3, -0.25) is 0 Å². The molecule has 0 heteroatoms. The van der Waals surface area contributed by atoms with Gasteiger partial charge in [-0.05, 0) is 46.2 Å². The molecule has 2 atom stereocenters. The van der Waals surface area contributed by atoms with E-state index in [0.717, 1.165) is 0 Å². The third-order valence-electron chi connectivity index (χ3n) is 5.78. The summed E-state index contributed by atoms with van der Waals surface area (Å²) in [6, 6.07) is 30.6. The van der Waals surface area contributed by atoms with Crippen molar-refractivity contribution >= 4 is 11.1 Å². The summed E-state index contributed by atoms with van der Waals surface area (Å²) in [4.78, 5) is 0. The maximum atomic E-state index is 2.52. The molecule has 6 rings (SSSR count). The van der Waals surface area contributed by atoms with Crippen LogP contribution < -0.4 is 0 Å². The molecule has 0 nitrogen and oxygen atoms in total. The highest BCUT2D eigenvalue weighted by atomic mass is 14.3. The van der Waals surface area contributed by atoms with Crippen LogP contribution in [0.4, 0.5) is 0 Å². The van der Waals surface area contributed by atoms with Crippen molar-refractivity contribution < 1.29 is 0 Å². The van der Waals surface area contributed by atoms with E-state index in [4.69, 9.17) is 0 Å². The highest BCUT2D eigenvalue weighted by Crippen LogP contribution is 2.47. The zero-order chi connectivity index (χ0) is 17.3. The van der Waals surface area contributed by atoms with Crippen molar-refractivity contribution in [1.82, 2.24) is 0 Å². The maximum absolute atomic E-state index is 2.52. The molecule has 0 saturated heterocycles.